The smallest absolute Gasteiger partial charge is 0.257 e. The lowest BCUT2D eigenvalue weighted by Crippen LogP contribution is -2.40. The van der Waals surface area contributed by atoms with Crippen LogP contribution in [0, 0.1) is 12.8 Å². The van der Waals surface area contributed by atoms with E-state index in [-0.39, 0.29) is 29.7 Å². The summed E-state index contributed by atoms with van der Waals surface area (Å²) in [6.45, 7) is 5.02. The van der Waals surface area contributed by atoms with E-state index < -0.39 is 0 Å². The standard InChI is InChI=1S/C21H27N5O2/c1-14(17-6-4-3-5-7-17)24-19(27)12-16-8-10-26(11-9-16)20(28)18-13-23-21(22)25-15(18)2/h3-7,13-14,16H,8-12H2,1-2H3,(H,24,27)(H2,22,23,25). The molecule has 1 saturated heterocycles. The van der Waals surface area contributed by atoms with Crippen molar-refractivity contribution < 1.29 is 9.59 Å². The zero-order valence-corrected chi connectivity index (χ0v) is 16.4. The lowest BCUT2D eigenvalue weighted by Gasteiger charge is -2.32. The van der Waals surface area contributed by atoms with Crippen molar-refractivity contribution in [3.8, 4) is 0 Å². The van der Waals surface area contributed by atoms with E-state index in [1.165, 1.54) is 6.20 Å². The number of piperidine rings is 1. The van der Waals surface area contributed by atoms with Crippen LogP contribution < -0.4 is 11.1 Å². The largest absolute Gasteiger partial charge is 0.368 e. The fourth-order valence-electron chi connectivity index (χ4n) is 3.59. The summed E-state index contributed by atoms with van der Waals surface area (Å²) in [4.78, 5) is 34.9. The molecule has 7 nitrogen and oxygen atoms in total. The second-order valence-electron chi connectivity index (χ2n) is 7.37. The Morgan fingerprint density at radius 2 is 1.93 bits per heavy atom. The molecule has 1 fully saturated rings. The van der Waals surface area contributed by atoms with Crippen molar-refractivity contribution in [2.24, 2.45) is 5.92 Å². The second kappa shape index (κ2) is 8.82. The van der Waals surface area contributed by atoms with Gasteiger partial charge in [-0.3, -0.25) is 9.59 Å². The normalized spacial score (nSPS) is 15.9. The molecule has 2 heterocycles. The van der Waals surface area contributed by atoms with E-state index >= 15 is 0 Å². The molecular formula is C21H27N5O2. The first-order valence-corrected chi connectivity index (χ1v) is 9.66. The molecule has 0 spiro atoms. The highest BCUT2D eigenvalue weighted by atomic mass is 16.2. The number of aromatic nitrogens is 2. The van der Waals surface area contributed by atoms with Gasteiger partial charge in [0.25, 0.3) is 5.91 Å². The minimum atomic E-state index is -0.0712. The quantitative estimate of drug-likeness (QED) is 0.829. The molecule has 7 heteroatoms. The average molecular weight is 381 g/mol. The van der Waals surface area contributed by atoms with Gasteiger partial charge in [-0.2, -0.15) is 0 Å². The van der Waals surface area contributed by atoms with Crippen LogP contribution in [0.3, 0.4) is 0 Å². The van der Waals surface area contributed by atoms with Gasteiger partial charge in [0.2, 0.25) is 11.9 Å². The molecule has 148 valence electrons. The van der Waals surface area contributed by atoms with E-state index in [1.54, 1.807) is 6.92 Å². The van der Waals surface area contributed by atoms with Crippen molar-refractivity contribution in [3.63, 3.8) is 0 Å². The predicted molar refractivity (Wildman–Crippen MR) is 107 cm³/mol. The predicted octanol–water partition coefficient (Wildman–Crippen LogP) is 2.49. The minimum Gasteiger partial charge on any atom is -0.368 e. The van der Waals surface area contributed by atoms with Crippen LogP contribution in [0.15, 0.2) is 36.5 Å². The van der Waals surface area contributed by atoms with E-state index in [0.29, 0.717) is 30.8 Å². The molecule has 3 rings (SSSR count). The molecule has 2 amide bonds. The van der Waals surface area contributed by atoms with Gasteiger partial charge in [-0.05, 0) is 38.2 Å². The van der Waals surface area contributed by atoms with Gasteiger partial charge in [-0.1, -0.05) is 30.3 Å². The molecule has 3 N–H and O–H groups in total. The summed E-state index contributed by atoms with van der Waals surface area (Å²) in [5.74, 6) is 0.446. The van der Waals surface area contributed by atoms with Gasteiger partial charge in [0, 0.05) is 25.7 Å². The van der Waals surface area contributed by atoms with Gasteiger partial charge in [0.15, 0.2) is 0 Å². The van der Waals surface area contributed by atoms with Crippen molar-refractivity contribution in [2.75, 3.05) is 18.8 Å². The molecule has 1 atom stereocenters. The van der Waals surface area contributed by atoms with Crippen molar-refractivity contribution in [3.05, 3.63) is 53.3 Å². The number of nitrogens with zero attached hydrogens (tertiary/aromatic N) is 3. The number of amides is 2. The first-order valence-electron chi connectivity index (χ1n) is 9.66. The van der Waals surface area contributed by atoms with Gasteiger partial charge >= 0.3 is 0 Å². The number of likely N-dealkylation sites (tertiary alicyclic amines) is 1. The number of rotatable bonds is 5. The summed E-state index contributed by atoms with van der Waals surface area (Å²) in [6, 6.07) is 9.92. The lowest BCUT2D eigenvalue weighted by molar-refractivity contribution is -0.122. The van der Waals surface area contributed by atoms with E-state index in [9.17, 15) is 9.59 Å². The summed E-state index contributed by atoms with van der Waals surface area (Å²) in [7, 11) is 0. The highest BCUT2D eigenvalue weighted by Crippen LogP contribution is 2.23. The van der Waals surface area contributed by atoms with Crippen molar-refractivity contribution in [2.45, 2.75) is 39.2 Å². The van der Waals surface area contributed by atoms with E-state index in [4.69, 9.17) is 5.73 Å². The highest BCUT2D eigenvalue weighted by Gasteiger charge is 2.26. The Labute approximate surface area is 165 Å². The topological polar surface area (TPSA) is 101 Å². The molecule has 0 bridgehead atoms. The van der Waals surface area contributed by atoms with Gasteiger partial charge in [-0.25, -0.2) is 9.97 Å². The number of aryl methyl sites for hydroxylation is 1. The fraction of sp³-hybridized carbons (Fsp3) is 0.429. The molecular weight excluding hydrogens is 354 g/mol. The van der Waals surface area contributed by atoms with Crippen LogP contribution in [0.25, 0.3) is 0 Å². The number of carbonyl (C=O) groups is 2. The Balaban J connectivity index is 1.48. The zero-order chi connectivity index (χ0) is 20.1. The molecule has 0 aliphatic carbocycles. The first kappa shape index (κ1) is 19.8. The van der Waals surface area contributed by atoms with Crippen molar-refractivity contribution in [1.29, 1.82) is 0 Å². The third-order valence-electron chi connectivity index (χ3n) is 5.28. The van der Waals surface area contributed by atoms with Crippen LogP contribution in [0.4, 0.5) is 5.95 Å². The molecule has 1 aromatic carbocycles. The Morgan fingerprint density at radius 3 is 2.57 bits per heavy atom. The average Bonchev–Trinajstić information content (AvgIpc) is 2.68. The van der Waals surface area contributed by atoms with Crippen LogP contribution in [0.5, 0.6) is 0 Å². The number of benzene rings is 1. The maximum Gasteiger partial charge on any atom is 0.257 e. The number of nitrogens with one attached hydrogen (secondary N) is 1. The summed E-state index contributed by atoms with van der Waals surface area (Å²) in [5, 5.41) is 3.07. The fourth-order valence-corrected chi connectivity index (χ4v) is 3.59. The Kier molecular flexibility index (Phi) is 6.23. The first-order chi connectivity index (χ1) is 13.4. The third kappa shape index (κ3) is 4.85. The van der Waals surface area contributed by atoms with E-state index in [1.807, 2.05) is 42.2 Å². The van der Waals surface area contributed by atoms with E-state index in [0.717, 1.165) is 18.4 Å². The maximum atomic E-state index is 12.7. The molecule has 1 aliphatic rings. The molecule has 1 aromatic heterocycles. The monoisotopic (exact) mass is 381 g/mol. The van der Waals surface area contributed by atoms with E-state index in [2.05, 4.69) is 15.3 Å². The summed E-state index contributed by atoms with van der Waals surface area (Å²) in [5.41, 5.74) is 7.73. The Hall–Kier alpha value is -2.96. The molecule has 1 unspecified atom stereocenters. The number of carbonyl (C=O) groups excluding carboxylic acids is 2. The van der Waals surface area contributed by atoms with Crippen LogP contribution in [0.2, 0.25) is 0 Å². The molecule has 0 radical (unpaired) electrons. The Bertz CT molecular complexity index is 832. The van der Waals surface area contributed by atoms with Gasteiger partial charge in [0.05, 0.1) is 17.3 Å². The van der Waals surface area contributed by atoms with Crippen LogP contribution in [0.1, 0.15) is 53.8 Å². The number of hydrogen-bond acceptors (Lipinski definition) is 5. The number of nitrogens with two attached hydrogens (primary N) is 1. The second-order valence-corrected chi connectivity index (χ2v) is 7.37. The molecule has 0 saturated carbocycles. The number of anilines is 1. The third-order valence-corrected chi connectivity index (χ3v) is 5.28. The summed E-state index contributed by atoms with van der Waals surface area (Å²) >= 11 is 0. The van der Waals surface area contributed by atoms with Crippen molar-refractivity contribution in [1.82, 2.24) is 20.2 Å². The van der Waals surface area contributed by atoms with Gasteiger partial charge in [0.1, 0.15) is 0 Å². The summed E-state index contributed by atoms with van der Waals surface area (Å²) < 4.78 is 0. The van der Waals surface area contributed by atoms with Gasteiger partial charge in [-0.15, -0.1) is 0 Å². The number of nitrogen functional groups attached to an aromatic ring is 1. The molecule has 1 aliphatic heterocycles. The zero-order valence-electron chi connectivity index (χ0n) is 16.4. The molecule has 28 heavy (non-hydrogen) atoms. The van der Waals surface area contributed by atoms with Crippen LogP contribution >= 0.6 is 0 Å². The molecule has 2 aromatic rings. The lowest BCUT2D eigenvalue weighted by atomic mass is 9.92. The van der Waals surface area contributed by atoms with Gasteiger partial charge < -0.3 is 16.0 Å². The highest BCUT2D eigenvalue weighted by molar-refractivity contribution is 5.95. The van der Waals surface area contributed by atoms with Crippen molar-refractivity contribution >= 4 is 17.8 Å². The summed E-state index contributed by atoms with van der Waals surface area (Å²) in [6.07, 6.45) is 3.61. The SMILES string of the molecule is Cc1nc(N)ncc1C(=O)N1CCC(CC(=O)NC(C)c2ccccc2)CC1. The van der Waals surface area contributed by atoms with Crippen LogP contribution in [-0.2, 0) is 4.79 Å². The minimum absolute atomic E-state index is 0.0103. The van der Waals surface area contributed by atoms with Crippen LogP contribution in [-0.4, -0.2) is 39.8 Å². The number of hydrogen-bond donors (Lipinski definition) is 2. The Morgan fingerprint density at radius 1 is 1.25 bits per heavy atom. The maximum absolute atomic E-state index is 12.7.